The van der Waals surface area contributed by atoms with E-state index in [2.05, 4.69) is 4.98 Å². The first-order valence-electron chi connectivity index (χ1n) is 6.00. The van der Waals surface area contributed by atoms with E-state index in [-0.39, 0.29) is 5.78 Å². The summed E-state index contributed by atoms with van der Waals surface area (Å²) in [6.07, 6.45) is 2.66. The minimum Gasteiger partial charge on any atom is -0.489 e. The fourth-order valence-electron chi connectivity index (χ4n) is 2.20. The smallest absolute Gasteiger partial charge is 0.227 e. The van der Waals surface area contributed by atoms with Gasteiger partial charge in [0.1, 0.15) is 0 Å². The summed E-state index contributed by atoms with van der Waals surface area (Å²) in [6, 6.07) is 9.51. The van der Waals surface area contributed by atoms with E-state index < -0.39 is 0 Å². The number of ether oxygens (including phenoxy) is 1. The average molecular weight is 239 g/mol. The lowest BCUT2D eigenvalue weighted by Crippen LogP contribution is -2.06. The number of hydrogen-bond donors (Lipinski definition) is 0. The summed E-state index contributed by atoms with van der Waals surface area (Å²) in [5, 5.41) is 0.879. The zero-order valence-electron chi connectivity index (χ0n) is 10.1. The number of hydrogen-bond acceptors (Lipinski definition) is 3. The monoisotopic (exact) mass is 239 g/mol. The molecule has 1 aliphatic rings. The second-order valence-corrected chi connectivity index (χ2v) is 4.36. The van der Waals surface area contributed by atoms with Gasteiger partial charge in [-0.1, -0.05) is 18.2 Å². The highest BCUT2D eigenvalue weighted by Gasteiger charge is 2.19. The van der Waals surface area contributed by atoms with Crippen molar-refractivity contribution in [3.8, 4) is 0 Å². The number of Topliss-reactive ketones (excluding diaryl/α,β-unsaturated/α-hetero) is 1. The maximum Gasteiger partial charge on any atom is 0.227 e. The normalized spacial score (nSPS) is 14.4. The van der Waals surface area contributed by atoms with Gasteiger partial charge in [0.25, 0.3) is 0 Å². The van der Waals surface area contributed by atoms with Crippen LogP contribution in [0.25, 0.3) is 10.9 Å². The van der Waals surface area contributed by atoms with Crippen molar-refractivity contribution in [2.24, 2.45) is 0 Å². The maximum absolute atomic E-state index is 12.4. The number of ketones is 1. The Balaban J connectivity index is 2.18. The molecule has 0 saturated heterocycles. The van der Waals surface area contributed by atoms with Crippen molar-refractivity contribution in [2.75, 3.05) is 6.61 Å². The third-order valence-corrected chi connectivity index (χ3v) is 3.02. The van der Waals surface area contributed by atoms with E-state index in [1.807, 2.05) is 43.3 Å². The van der Waals surface area contributed by atoms with Gasteiger partial charge in [-0.15, -0.1) is 0 Å². The van der Waals surface area contributed by atoms with Gasteiger partial charge >= 0.3 is 0 Å². The van der Waals surface area contributed by atoms with Crippen LogP contribution in [0.2, 0.25) is 0 Å². The van der Waals surface area contributed by atoms with Crippen LogP contribution in [0.15, 0.2) is 42.2 Å². The van der Waals surface area contributed by atoms with Gasteiger partial charge in [-0.3, -0.25) is 9.78 Å². The number of aryl methyl sites for hydroxylation is 1. The van der Waals surface area contributed by atoms with E-state index in [0.29, 0.717) is 17.9 Å². The van der Waals surface area contributed by atoms with Crippen LogP contribution < -0.4 is 0 Å². The topological polar surface area (TPSA) is 39.2 Å². The molecular weight excluding hydrogens is 226 g/mol. The summed E-state index contributed by atoms with van der Waals surface area (Å²) in [7, 11) is 0. The summed E-state index contributed by atoms with van der Waals surface area (Å²) in [5.41, 5.74) is 2.36. The first-order chi connectivity index (χ1) is 8.75. The molecule has 3 heteroatoms. The SMILES string of the molecule is Cc1cc(C(=O)C2=CCCO2)c2ccccc2n1. The molecule has 2 aromatic rings. The highest BCUT2D eigenvalue weighted by atomic mass is 16.5. The Morgan fingerprint density at radius 2 is 2.17 bits per heavy atom. The van der Waals surface area contributed by atoms with Crippen molar-refractivity contribution in [2.45, 2.75) is 13.3 Å². The number of para-hydroxylation sites is 1. The number of pyridine rings is 1. The van der Waals surface area contributed by atoms with Crippen molar-refractivity contribution in [1.82, 2.24) is 4.98 Å². The van der Waals surface area contributed by atoms with Crippen LogP contribution in [0.4, 0.5) is 0 Å². The number of benzene rings is 1. The lowest BCUT2D eigenvalue weighted by molar-refractivity contribution is 0.0944. The molecule has 0 aliphatic carbocycles. The minimum atomic E-state index is -0.0470. The van der Waals surface area contributed by atoms with Crippen molar-refractivity contribution in [3.05, 3.63) is 53.4 Å². The Morgan fingerprint density at radius 1 is 1.33 bits per heavy atom. The van der Waals surface area contributed by atoms with Gasteiger partial charge < -0.3 is 4.74 Å². The number of allylic oxidation sites excluding steroid dienone is 1. The van der Waals surface area contributed by atoms with E-state index in [9.17, 15) is 4.79 Å². The molecule has 0 bridgehead atoms. The summed E-state index contributed by atoms with van der Waals surface area (Å²) in [5.74, 6) is 0.417. The fourth-order valence-corrected chi connectivity index (χ4v) is 2.20. The Hall–Kier alpha value is -2.16. The predicted molar refractivity (Wildman–Crippen MR) is 69.5 cm³/mol. The van der Waals surface area contributed by atoms with Crippen molar-refractivity contribution in [1.29, 1.82) is 0 Å². The van der Waals surface area contributed by atoms with Crippen LogP contribution in [0.5, 0.6) is 0 Å². The van der Waals surface area contributed by atoms with Crippen LogP contribution in [0.1, 0.15) is 22.5 Å². The first-order valence-corrected chi connectivity index (χ1v) is 6.00. The maximum atomic E-state index is 12.4. The molecule has 0 radical (unpaired) electrons. The molecule has 3 nitrogen and oxygen atoms in total. The molecule has 0 spiro atoms. The van der Waals surface area contributed by atoms with E-state index >= 15 is 0 Å². The predicted octanol–water partition coefficient (Wildman–Crippen LogP) is 3.03. The zero-order valence-corrected chi connectivity index (χ0v) is 10.1. The molecule has 0 atom stereocenters. The van der Waals surface area contributed by atoms with Crippen molar-refractivity contribution >= 4 is 16.7 Å². The molecule has 1 aromatic heterocycles. The van der Waals surface area contributed by atoms with Gasteiger partial charge in [-0.05, 0) is 25.1 Å². The summed E-state index contributed by atoms with van der Waals surface area (Å²) < 4.78 is 5.35. The molecule has 0 unspecified atom stereocenters. The number of aromatic nitrogens is 1. The molecule has 1 aliphatic heterocycles. The second-order valence-electron chi connectivity index (χ2n) is 4.36. The number of rotatable bonds is 2. The average Bonchev–Trinajstić information content (AvgIpc) is 2.90. The van der Waals surface area contributed by atoms with Gasteiger partial charge in [-0.2, -0.15) is 0 Å². The van der Waals surface area contributed by atoms with E-state index in [1.165, 1.54) is 0 Å². The third kappa shape index (κ3) is 1.78. The second kappa shape index (κ2) is 4.26. The number of carbonyl (C=O) groups is 1. The minimum absolute atomic E-state index is 0.0470. The molecule has 18 heavy (non-hydrogen) atoms. The Morgan fingerprint density at radius 3 is 2.94 bits per heavy atom. The molecule has 90 valence electrons. The van der Waals surface area contributed by atoms with Crippen LogP contribution in [-0.4, -0.2) is 17.4 Å². The standard InChI is InChI=1S/C15H13NO2/c1-10-9-12(15(17)14-7-4-8-18-14)11-5-2-3-6-13(11)16-10/h2-3,5-7,9H,4,8H2,1H3. The molecule has 1 aromatic carbocycles. The Bertz CT molecular complexity index is 659. The van der Waals surface area contributed by atoms with Crippen LogP contribution in [0, 0.1) is 6.92 Å². The van der Waals surface area contributed by atoms with Gasteiger partial charge in [0, 0.05) is 23.1 Å². The molecule has 0 amide bonds. The van der Waals surface area contributed by atoms with E-state index in [0.717, 1.165) is 23.0 Å². The highest BCUT2D eigenvalue weighted by molar-refractivity contribution is 6.14. The molecule has 0 saturated carbocycles. The first kappa shape index (κ1) is 11.0. The van der Waals surface area contributed by atoms with Gasteiger partial charge in [-0.25, -0.2) is 0 Å². The molecule has 2 heterocycles. The molecule has 0 N–H and O–H groups in total. The Labute approximate surface area is 105 Å². The number of fused-ring (bicyclic) bond motifs is 1. The molecular formula is C15H13NO2. The zero-order chi connectivity index (χ0) is 12.5. The van der Waals surface area contributed by atoms with E-state index in [1.54, 1.807) is 0 Å². The van der Waals surface area contributed by atoms with Crippen LogP contribution in [0.3, 0.4) is 0 Å². The van der Waals surface area contributed by atoms with Crippen LogP contribution >= 0.6 is 0 Å². The highest BCUT2D eigenvalue weighted by Crippen LogP contribution is 2.23. The van der Waals surface area contributed by atoms with Gasteiger partial charge in [0.05, 0.1) is 12.1 Å². The van der Waals surface area contributed by atoms with Gasteiger partial charge in [0.15, 0.2) is 5.76 Å². The summed E-state index contributed by atoms with van der Waals surface area (Å²) in [4.78, 5) is 16.8. The fraction of sp³-hybridized carbons (Fsp3) is 0.200. The largest absolute Gasteiger partial charge is 0.489 e. The summed E-state index contributed by atoms with van der Waals surface area (Å²) in [6.45, 7) is 2.50. The van der Waals surface area contributed by atoms with Crippen molar-refractivity contribution < 1.29 is 9.53 Å². The van der Waals surface area contributed by atoms with E-state index in [4.69, 9.17) is 4.74 Å². The van der Waals surface area contributed by atoms with Gasteiger partial charge in [0.2, 0.25) is 5.78 Å². The number of nitrogens with zero attached hydrogens (tertiary/aromatic N) is 1. The molecule has 0 fully saturated rings. The summed E-state index contributed by atoms with van der Waals surface area (Å²) >= 11 is 0. The third-order valence-electron chi connectivity index (χ3n) is 3.02. The van der Waals surface area contributed by atoms with Crippen molar-refractivity contribution in [3.63, 3.8) is 0 Å². The quantitative estimate of drug-likeness (QED) is 0.756. The lowest BCUT2D eigenvalue weighted by atomic mass is 10.0. The Kier molecular flexibility index (Phi) is 2.59. The lowest BCUT2D eigenvalue weighted by Gasteiger charge is -2.07. The number of carbonyl (C=O) groups excluding carboxylic acids is 1. The van der Waals surface area contributed by atoms with Crippen LogP contribution in [-0.2, 0) is 4.74 Å². The molecule has 3 rings (SSSR count).